The number of aryl methyl sites for hydroxylation is 2. The molecule has 0 amide bonds. The van der Waals surface area contributed by atoms with E-state index in [1.165, 1.54) is 9.58 Å². The molecule has 0 atom stereocenters. The van der Waals surface area contributed by atoms with Gasteiger partial charge in [0.1, 0.15) is 11.7 Å². The molecule has 0 saturated heterocycles. The van der Waals surface area contributed by atoms with Crippen molar-refractivity contribution >= 4 is 11.7 Å². The van der Waals surface area contributed by atoms with Crippen LogP contribution in [-0.4, -0.2) is 46.8 Å². The zero-order valence-corrected chi connectivity index (χ0v) is 10.3. The van der Waals surface area contributed by atoms with Crippen molar-refractivity contribution in [3.8, 4) is 0 Å². The Morgan fingerprint density at radius 3 is 2.67 bits per heavy atom. The van der Waals surface area contributed by atoms with E-state index in [2.05, 4.69) is 5.10 Å². The molecule has 6 nitrogen and oxygen atoms in total. The van der Waals surface area contributed by atoms with Gasteiger partial charge in [0.05, 0.1) is 24.4 Å². The number of amidine groups is 1. The number of rotatable bonds is 6. The molecule has 4 N–H and O–H groups in total. The lowest BCUT2D eigenvalue weighted by molar-refractivity contribution is 0.152. The summed E-state index contributed by atoms with van der Waals surface area (Å²) < 4.78 is 26.4. The normalized spacial score (nSPS) is 11.0. The van der Waals surface area contributed by atoms with Crippen molar-refractivity contribution < 1.29 is 13.9 Å². The van der Waals surface area contributed by atoms with Crippen LogP contribution >= 0.6 is 0 Å². The van der Waals surface area contributed by atoms with Gasteiger partial charge < -0.3 is 15.7 Å². The maximum Gasteiger partial charge on any atom is 0.255 e. The van der Waals surface area contributed by atoms with Crippen molar-refractivity contribution in [1.82, 2.24) is 9.78 Å². The van der Waals surface area contributed by atoms with Crippen LogP contribution in [0.3, 0.4) is 0 Å². The van der Waals surface area contributed by atoms with Gasteiger partial charge in [-0.15, -0.1) is 0 Å². The molecule has 1 aromatic heterocycles. The van der Waals surface area contributed by atoms with Gasteiger partial charge in [0.2, 0.25) is 0 Å². The van der Waals surface area contributed by atoms with Crippen LogP contribution in [0, 0.1) is 12.3 Å². The number of nitrogens with two attached hydrogens (primary N) is 1. The van der Waals surface area contributed by atoms with Crippen molar-refractivity contribution in [3.05, 3.63) is 11.3 Å². The van der Waals surface area contributed by atoms with Crippen LogP contribution in [-0.2, 0) is 7.05 Å². The number of nitrogens with zero attached hydrogens (tertiary/aromatic N) is 3. The first-order valence-electron chi connectivity index (χ1n) is 5.40. The van der Waals surface area contributed by atoms with Gasteiger partial charge in [0.15, 0.2) is 0 Å². The van der Waals surface area contributed by atoms with Crippen LogP contribution in [0.4, 0.5) is 14.6 Å². The Morgan fingerprint density at radius 2 is 2.22 bits per heavy atom. The zero-order chi connectivity index (χ0) is 13.9. The third-order valence-corrected chi connectivity index (χ3v) is 2.49. The summed E-state index contributed by atoms with van der Waals surface area (Å²) in [6, 6.07) is 0. The lowest BCUT2D eigenvalue weighted by Gasteiger charge is -2.24. The number of nitrogens with one attached hydrogen (secondary N) is 1. The van der Waals surface area contributed by atoms with E-state index in [1.54, 1.807) is 14.0 Å². The summed E-state index contributed by atoms with van der Waals surface area (Å²) in [5, 5.41) is 20.5. The van der Waals surface area contributed by atoms with Crippen LogP contribution in [0.15, 0.2) is 0 Å². The molecule has 1 heterocycles. The Hall–Kier alpha value is -1.70. The van der Waals surface area contributed by atoms with Crippen molar-refractivity contribution in [3.63, 3.8) is 0 Å². The summed E-state index contributed by atoms with van der Waals surface area (Å²) in [6.45, 7) is 0.872. The first kappa shape index (κ1) is 14.4. The lowest BCUT2D eigenvalue weighted by atomic mass is 10.2. The molecule has 0 fully saturated rings. The minimum atomic E-state index is -2.55. The summed E-state index contributed by atoms with van der Waals surface area (Å²) in [5.41, 5.74) is 6.27. The van der Waals surface area contributed by atoms with E-state index in [-0.39, 0.29) is 19.0 Å². The number of anilines is 1. The molecule has 1 aromatic rings. The van der Waals surface area contributed by atoms with E-state index >= 15 is 0 Å². The second-order valence-corrected chi connectivity index (χ2v) is 3.88. The molecule has 0 aromatic carbocycles. The Kier molecular flexibility index (Phi) is 4.60. The van der Waals surface area contributed by atoms with Crippen molar-refractivity contribution in [2.24, 2.45) is 12.8 Å². The molecular formula is C10H17F2N5O. The smallest absolute Gasteiger partial charge is 0.255 e. The van der Waals surface area contributed by atoms with Crippen LogP contribution < -0.4 is 10.6 Å². The minimum Gasteiger partial charge on any atom is -0.395 e. The standard InChI is InChI=1S/C10H17F2N5O/c1-6-8(9(13)14)10(16(2)15-6)17(3-4-18)5-7(11)12/h7,18H,3-5H2,1-2H3,(H3,13,14). The van der Waals surface area contributed by atoms with Gasteiger partial charge in [-0.2, -0.15) is 5.10 Å². The number of alkyl halides is 2. The fraction of sp³-hybridized carbons (Fsp3) is 0.600. The van der Waals surface area contributed by atoms with Crippen LogP contribution in [0.2, 0.25) is 0 Å². The average molecular weight is 261 g/mol. The molecule has 0 radical (unpaired) electrons. The largest absolute Gasteiger partial charge is 0.395 e. The summed E-state index contributed by atoms with van der Waals surface area (Å²) >= 11 is 0. The third-order valence-electron chi connectivity index (χ3n) is 2.49. The second-order valence-electron chi connectivity index (χ2n) is 3.88. The highest BCUT2D eigenvalue weighted by Gasteiger charge is 2.23. The average Bonchev–Trinajstić information content (AvgIpc) is 2.52. The first-order valence-corrected chi connectivity index (χ1v) is 5.40. The molecule has 1 rings (SSSR count). The van der Waals surface area contributed by atoms with Crippen LogP contribution in [0.5, 0.6) is 0 Å². The van der Waals surface area contributed by atoms with Gasteiger partial charge in [-0.3, -0.25) is 10.1 Å². The molecule has 0 bridgehead atoms. The predicted octanol–water partition coefficient (Wildman–Crippen LogP) is 0.0764. The van der Waals surface area contributed by atoms with Crippen LogP contribution in [0.25, 0.3) is 0 Å². The quantitative estimate of drug-likeness (QED) is 0.499. The molecule has 0 unspecified atom stereocenters. The number of nitrogen functional groups attached to an aromatic ring is 1. The molecule has 0 spiro atoms. The Labute approximate surface area is 104 Å². The van der Waals surface area contributed by atoms with E-state index in [1.807, 2.05) is 0 Å². The fourth-order valence-electron chi connectivity index (χ4n) is 1.90. The Bertz CT molecular complexity index is 432. The SMILES string of the molecule is Cc1nn(C)c(N(CCO)CC(F)F)c1C(=N)N. The van der Waals surface area contributed by atoms with Crippen LogP contribution in [0.1, 0.15) is 11.3 Å². The van der Waals surface area contributed by atoms with Gasteiger partial charge >= 0.3 is 0 Å². The topological polar surface area (TPSA) is 91.2 Å². The first-order chi connectivity index (χ1) is 8.38. The maximum absolute atomic E-state index is 12.5. The predicted molar refractivity (Wildman–Crippen MR) is 64.3 cm³/mol. The van der Waals surface area contributed by atoms with Gasteiger partial charge in [0.25, 0.3) is 6.43 Å². The molecule has 0 aliphatic heterocycles. The van der Waals surface area contributed by atoms with E-state index in [0.29, 0.717) is 17.1 Å². The Morgan fingerprint density at radius 1 is 1.61 bits per heavy atom. The number of aromatic nitrogens is 2. The second kappa shape index (κ2) is 5.76. The molecule has 0 aliphatic rings. The summed E-state index contributed by atoms with van der Waals surface area (Å²) in [7, 11) is 1.59. The van der Waals surface area contributed by atoms with Gasteiger partial charge in [-0.1, -0.05) is 0 Å². The van der Waals surface area contributed by atoms with Crippen molar-refractivity contribution in [1.29, 1.82) is 5.41 Å². The highest BCUT2D eigenvalue weighted by molar-refractivity contribution is 6.00. The maximum atomic E-state index is 12.5. The Balaban J connectivity index is 3.21. The highest BCUT2D eigenvalue weighted by Crippen LogP contribution is 2.23. The number of aliphatic hydroxyl groups excluding tert-OH is 1. The van der Waals surface area contributed by atoms with E-state index in [4.69, 9.17) is 16.2 Å². The molecule has 18 heavy (non-hydrogen) atoms. The van der Waals surface area contributed by atoms with Gasteiger partial charge in [-0.25, -0.2) is 8.78 Å². The van der Waals surface area contributed by atoms with E-state index < -0.39 is 13.0 Å². The third kappa shape index (κ3) is 2.95. The van der Waals surface area contributed by atoms with Gasteiger partial charge in [0, 0.05) is 13.6 Å². The van der Waals surface area contributed by atoms with Gasteiger partial charge in [-0.05, 0) is 6.92 Å². The molecule has 8 heteroatoms. The monoisotopic (exact) mass is 261 g/mol. The van der Waals surface area contributed by atoms with Crippen molar-refractivity contribution in [2.75, 3.05) is 24.6 Å². The number of hydrogen-bond acceptors (Lipinski definition) is 4. The summed E-state index contributed by atoms with van der Waals surface area (Å²) in [4.78, 5) is 1.28. The number of hydrogen-bond donors (Lipinski definition) is 3. The highest BCUT2D eigenvalue weighted by atomic mass is 19.3. The molecule has 0 saturated carbocycles. The molecular weight excluding hydrogens is 244 g/mol. The summed E-state index contributed by atoms with van der Waals surface area (Å²) in [6.07, 6.45) is -2.55. The number of halogens is 2. The summed E-state index contributed by atoms with van der Waals surface area (Å²) in [5.74, 6) is 0.0992. The van der Waals surface area contributed by atoms with E-state index in [0.717, 1.165) is 0 Å². The molecule has 102 valence electrons. The lowest BCUT2D eigenvalue weighted by Crippen LogP contribution is -2.34. The van der Waals surface area contributed by atoms with E-state index in [9.17, 15) is 8.78 Å². The zero-order valence-electron chi connectivity index (χ0n) is 10.3. The molecule has 0 aliphatic carbocycles. The minimum absolute atomic E-state index is 0.0313. The number of aliphatic hydroxyl groups is 1. The fourth-order valence-corrected chi connectivity index (χ4v) is 1.90. The van der Waals surface area contributed by atoms with Crippen molar-refractivity contribution in [2.45, 2.75) is 13.3 Å².